The first-order valence-electron chi connectivity index (χ1n) is 30.8. The van der Waals surface area contributed by atoms with Crippen molar-refractivity contribution in [1.29, 1.82) is 0 Å². The molecule has 0 saturated carbocycles. The van der Waals surface area contributed by atoms with Crippen molar-refractivity contribution in [3.8, 4) is 0 Å². The molecule has 6 unspecified atom stereocenters. The Bertz CT molecular complexity index is 4940. The molecule has 5 fully saturated rings. The molecule has 0 spiro atoms. The van der Waals surface area contributed by atoms with Gasteiger partial charge in [0.15, 0.2) is 95.6 Å². The highest BCUT2D eigenvalue weighted by Gasteiger charge is 2.57. The van der Waals surface area contributed by atoms with Gasteiger partial charge in [-0.15, -0.1) is 0 Å². The molecular weight excluding hydrogens is 1570 g/mol. The van der Waals surface area contributed by atoms with E-state index >= 15 is 17.6 Å². The number of fused-ring (bicyclic) bond motifs is 4. The quantitative estimate of drug-likeness (QED) is 0.0210. The number of aliphatic hydroxyl groups excluding tert-OH is 2. The van der Waals surface area contributed by atoms with E-state index in [0.717, 1.165) is 62.6 Å². The number of aromatic nitrogens is 16. The van der Waals surface area contributed by atoms with Crippen molar-refractivity contribution in [1.82, 2.24) is 78.1 Å². The predicted octanol–water partition coefficient (Wildman–Crippen LogP) is 2.54. The number of ether oxygens (including phenoxy) is 5. The van der Waals surface area contributed by atoms with Crippen LogP contribution in [0.4, 0.5) is 52.3 Å². The third-order valence-corrected chi connectivity index (χ3v) is 23.8. The lowest BCUT2D eigenvalue weighted by Crippen LogP contribution is -2.42. The molecule has 43 nitrogen and oxygen atoms in total. The lowest BCUT2D eigenvalue weighted by atomic mass is 10.1. The van der Waals surface area contributed by atoms with E-state index in [2.05, 4.69) is 114 Å². The monoisotopic (exact) mass is 1630 g/mol. The first-order valence-corrected chi connectivity index (χ1v) is 41.6. The van der Waals surface area contributed by atoms with E-state index in [0.29, 0.717) is 0 Å². The van der Waals surface area contributed by atoms with Gasteiger partial charge in [0.2, 0.25) is 0 Å². The van der Waals surface area contributed by atoms with Crippen molar-refractivity contribution >= 4 is 144 Å². The second kappa shape index (κ2) is 29.6. The minimum Gasteiger partial charge on any atom is -0.394 e. The number of H-pyrrole nitrogens is 1. The maximum Gasteiger partial charge on any atom is 0.386 e. The molecule has 23 atom stereocenters. The van der Waals surface area contributed by atoms with Crippen LogP contribution in [0.3, 0.4) is 0 Å². The van der Waals surface area contributed by atoms with Gasteiger partial charge < -0.3 is 67.0 Å². The number of nitrogens with zero attached hydrogens (tertiary/aromatic N) is 16. The van der Waals surface area contributed by atoms with E-state index in [1.807, 2.05) is 0 Å². The second-order valence-corrected chi connectivity index (χ2v) is 35.5. The SMILES string of the molecule is Cc1cn([C@H]2C[C@H](O)[C@@H](COP(=O)(S)O[C@H]3[C@@H](F)[C@H](n4cnc5c(N)ncnc54)O[C@@H]3COP(=O)(S)OC3[C@@H](F)[C@H](n4cnc5c(N)ncnc54)O[C@@H]3COP(=O)(S)O[C@H]3[C@@H](F)[C@H](N4CNc5c(N)ncnc54)O[C@@H]3COP(=O)(S)OC3[C@@H](F)[C@H](n4cnc5c(N)ncnc54)O[C@@H]3CO)O2)c(=O)[nH]c1=O. The second-order valence-electron chi connectivity index (χ2n) is 24.0. The minimum absolute atomic E-state index is 0.000709. The average Bonchev–Trinajstić information content (AvgIpc) is 1.63. The smallest absolute Gasteiger partial charge is 0.386 e. The molecular formula is C50H60F4N22O21P4S4. The molecule has 6 aliphatic heterocycles. The van der Waals surface area contributed by atoms with Gasteiger partial charge in [-0.3, -0.25) is 64.2 Å². The van der Waals surface area contributed by atoms with Crippen LogP contribution < -0.4 is 44.4 Å². The summed E-state index contributed by atoms with van der Waals surface area (Å²) in [6, 6.07) is 0. The van der Waals surface area contributed by atoms with E-state index in [1.54, 1.807) is 0 Å². The Labute approximate surface area is 605 Å². The van der Waals surface area contributed by atoms with Crippen LogP contribution in [0.5, 0.6) is 0 Å². The topological polar surface area (TPSA) is 560 Å². The minimum atomic E-state index is -5.13. The van der Waals surface area contributed by atoms with Gasteiger partial charge in [-0.1, -0.05) is 49.0 Å². The van der Waals surface area contributed by atoms with Crippen molar-refractivity contribution < 1.29 is 106 Å². The zero-order chi connectivity index (χ0) is 74.5. The molecule has 5 saturated heterocycles. The van der Waals surface area contributed by atoms with Gasteiger partial charge in [-0.25, -0.2) is 95.4 Å². The number of halogens is 4. The summed E-state index contributed by atoms with van der Waals surface area (Å²) in [7, 11) is 0. The Balaban J connectivity index is 0.690. The maximum absolute atomic E-state index is 17.5. The highest BCUT2D eigenvalue weighted by Crippen LogP contribution is 2.62. The van der Waals surface area contributed by atoms with Crippen molar-refractivity contribution in [2.45, 2.75) is 130 Å². The van der Waals surface area contributed by atoms with Crippen LogP contribution in [0.2, 0.25) is 0 Å². The zero-order valence-corrected chi connectivity index (χ0v) is 60.4. The summed E-state index contributed by atoms with van der Waals surface area (Å²) in [4.78, 5) is 72.6. The fourth-order valence-corrected chi connectivity index (χ4v) is 18.3. The Morgan fingerprint density at radius 3 is 1.32 bits per heavy atom. The molecule has 0 aromatic carbocycles. The molecule has 0 amide bonds. The molecule has 6 aliphatic rings. The molecule has 8 aromatic rings. The van der Waals surface area contributed by atoms with E-state index in [-0.39, 0.29) is 86.9 Å². The third kappa shape index (κ3) is 15.0. The van der Waals surface area contributed by atoms with Gasteiger partial charge in [-0.2, -0.15) is 0 Å². The summed E-state index contributed by atoms with van der Waals surface area (Å²) in [5, 5.41) is 24.1. The van der Waals surface area contributed by atoms with Crippen molar-refractivity contribution in [2.75, 3.05) is 72.9 Å². The molecule has 0 bridgehead atoms. The van der Waals surface area contributed by atoms with Crippen LogP contribution in [-0.2, 0) is 78.1 Å². The van der Waals surface area contributed by atoms with Gasteiger partial charge in [0.1, 0.15) is 109 Å². The molecule has 14 rings (SSSR count). The number of aromatic amines is 1. The van der Waals surface area contributed by atoms with Crippen LogP contribution in [-0.4, -0.2) is 220 Å². The van der Waals surface area contributed by atoms with Gasteiger partial charge in [0.25, 0.3) is 5.56 Å². The average molecular weight is 1630 g/mol. The molecule has 105 heavy (non-hydrogen) atoms. The van der Waals surface area contributed by atoms with Gasteiger partial charge in [-0.05, 0) is 6.92 Å². The van der Waals surface area contributed by atoms with Crippen molar-refractivity contribution in [3.63, 3.8) is 0 Å². The highest BCUT2D eigenvalue weighted by atomic mass is 32.7. The number of nitrogens with one attached hydrogen (secondary N) is 2. The number of imidazole rings is 3. The summed E-state index contributed by atoms with van der Waals surface area (Å²) >= 11 is 16.4. The predicted molar refractivity (Wildman–Crippen MR) is 364 cm³/mol. The molecule has 0 radical (unpaired) electrons. The number of aryl methyl sites for hydroxylation is 1. The van der Waals surface area contributed by atoms with Gasteiger partial charge >= 0.3 is 32.9 Å². The van der Waals surface area contributed by atoms with Crippen molar-refractivity contribution in [2.24, 2.45) is 0 Å². The number of hydrogen-bond acceptors (Lipinski definition) is 38. The van der Waals surface area contributed by atoms with Gasteiger partial charge in [0, 0.05) is 18.2 Å². The third-order valence-electron chi connectivity index (χ3n) is 17.4. The molecule has 568 valence electrons. The van der Waals surface area contributed by atoms with Crippen molar-refractivity contribution in [3.05, 3.63) is 76.9 Å². The zero-order valence-electron chi connectivity index (χ0n) is 53.2. The number of alkyl halides is 4. The molecule has 55 heteroatoms. The van der Waals surface area contributed by atoms with E-state index < -0.39 is 188 Å². The van der Waals surface area contributed by atoms with Crippen LogP contribution in [0.15, 0.2) is 60.1 Å². The lowest BCUT2D eigenvalue weighted by Gasteiger charge is -2.27. The van der Waals surface area contributed by atoms with E-state index in [9.17, 15) is 38.1 Å². The van der Waals surface area contributed by atoms with Gasteiger partial charge in [0.05, 0.1) is 64.8 Å². The van der Waals surface area contributed by atoms with Crippen LogP contribution >= 0.6 is 76.2 Å². The first-order chi connectivity index (χ1) is 49.9. The molecule has 14 heterocycles. The molecule has 8 aromatic heterocycles. The van der Waals surface area contributed by atoms with Crippen LogP contribution in [0.1, 0.15) is 36.9 Å². The number of nitrogen functional groups attached to an aromatic ring is 4. The summed E-state index contributed by atoms with van der Waals surface area (Å²) in [6.07, 6.45) is -27.2. The normalized spacial score (nSPS) is 32.1. The highest BCUT2D eigenvalue weighted by molar-refractivity contribution is 8.45. The number of thiol groups is 4. The summed E-state index contributed by atoms with van der Waals surface area (Å²) < 4.78 is 206. The van der Waals surface area contributed by atoms with Crippen LogP contribution in [0.25, 0.3) is 33.5 Å². The lowest BCUT2D eigenvalue weighted by molar-refractivity contribution is -0.0519. The van der Waals surface area contributed by atoms with E-state index in [4.69, 9.17) is 82.8 Å². The number of anilines is 6. The Morgan fingerprint density at radius 1 is 0.524 bits per heavy atom. The number of aliphatic hydroxyl groups is 2. The Hall–Kier alpha value is -6.35. The molecule has 0 aliphatic carbocycles. The summed E-state index contributed by atoms with van der Waals surface area (Å²) in [5.74, 6) is -0.327. The van der Waals surface area contributed by atoms with Crippen LogP contribution in [0, 0.1) is 6.92 Å². The number of hydrogen-bond donors (Lipinski definition) is 12. The Kier molecular flexibility index (Phi) is 21.2. The summed E-state index contributed by atoms with van der Waals surface area (Å²) in [5.41, 5.74) is 22.7. The number of nitrogens with two attached hydrogens (primary N) is 4. The fourth-order valence-electron chi connectivity index (χ4n) is 12.4. The maximum atomic E-state index is 17.5. The largest absolute Gasteiger partial charge is 0.394 e. The summed E-state index contributed by atoms with van der Waals surface area (Å²) in [6.45, 7) is -23.6. The first kappa shape index (κ1) is 75.5. The standard InChI is InChI=1S/C50H60F4N22O21P4S4/c1-17-3-72(50(80)71-45(17)79)24-2-18(78)20(89-24)5-85-98(81,102)95-34-22(92-47(26(34)52)74-14-68-30-38(56)60-10-64-42(30)74)7-87-100(83,104)97-36-23(93-49(28(36)54)76-16-70-32-40(58)62-12-66-44(32)76)8-88-101(84,105)96-35-21(91-48(27(35)53)75-15-69-31-39(57)61-11-65-43(31)75)6-86-99(82,103)94-33-19(4-77)90-46(25(33)51)73-13-67-29-37(55)59-9-63-41(29)73/h3,9-14,16,18-28,33-36,46-49,69,77-78H,2,4-8,15H2,1H3,(H,81,102)(H,82,103)(H,83,104)(H,84,105)(H2,55,59,63)(H2,56,60,64)(H2,57,61,65)(H2,58,62,66)(H,71,79,80)/t18-,19+,20+,21+,22+,23+,24+,25+,26+,27+,28+,33?,34+,35+,36?,46+,47+,48+,49+,98?,99?,100?,101?/m0/s1. The van der Waals surface area contributed by atoms with E-state index in [1.165, 1.54) is 18.0 Å². The fraction of sp³-hybridized carbons (Fsp3) is 0.540. The number of rotatable bonds is 26. The molecule has 12 N–H and O–H groups in total. The Morgan fingerprint density at radius 2 is 0.895 bits per heavy atom.